The predicted molar refractivity (Wildman–Crippen MR) is 69.4 cm³/mol. The molecule has 1 atom stereocenters. The van der Waals surface area contributed by atoms with E-state index in [9.17, 15) is 4.79 Å². The number of benzene rings is 1. The quantitative estimate of drug-likeness (QED) is 0.599. The summed E-state index contributed by atoms with van der Waals surface area (Å²) in [6.45, 7) is 1.31. The van der Waals surface area contributed by atoms with Gasteiger partial charge >= 0.3 is 0 Å². The van der Waals surface area contributed by atoms with Crippen molar-refractivity contribution in [1.29, 1.82) is 0 Å². The number of hydrogen-bond acceptors (Lipinski definition) is 3. The van der Waals surface area contributed by atoms with Gasteiger partial charge < -0.3 is 16.8 Å². The van der Waals surface area contributed by atoms with Crippen LogP contribution in [0, 0.1) is 0 Å². The first-order valence-corrected chi connectivity index (χ1v) is 6.01. The van der Waals surface area contributed by atoms with Crippen LogP contribution in [-0.4, -0.2) is 25.0 Å². The fourth-order valence-electron chi connectivity index (χ4n) is 1.57. The van der Waals surface area contributed by atoms with Gasteiger partial charge in [-0.05, 0) is 31.4 Å². The predicted octanol–water partition coefficient (Wildman–Crippen LogP) is 0.412. The average Bonchev–Trinajstić information content (AvgIpc) is 2.35. The van der Waals surface area contributed by atoms with Crippen LogP contribution in [0.25, 0.3) is 0 Å². The number of carbonyl (C=O) groups excluding carboxylic acids is 1. The van der Waals surface area contributed by atoms with Gasteiger partial charge in [0, 0.05) is 6.54 Å². The largest absolute Gasteiger partial charge is 0.355 e. The smallest absolute Gasteiger partial charge is 0.237 e. The van der Waals surface area contributed by atoms with Crippen molar-refractivity contribution >= 4 is 5.91 Å². The van der Waals surface area contributed by atoms with Gasteiger partial charge in [0.2, 0.25) is 5.91 Å². The molecule has 0 bridgehead atoms. The van der Waals surface area contributed by atoms with Crippen molar-refractivity contribution in [3.8, 4) is 0 Å². The minimum atomic E-state index is -0.477. The minimum Gasteiger partial charge on any atom is -0.355 e. The molecule has 1 amide bonds. The molecule has 94 valence electrons. The van der Waals surface area contributed by atoms with Gasteiger partial charge in [0.25, 0.3) is 0 Å². The number of nitrogens with one attached hydrogen (secondary N) is 1. The third-order valence-electron chi connectivity index (χ3n) is 2.57. The van der Waals surface area contributed by atoms with Crippen LogP contribution in [0.5, 0.6) is 0 Å². The Bertz CT molecular complexity index is 327. The molecule has 1 aromatic rings. The molecule has 0 radical (unpaired) electrons. The lowest BCUT2D eigenvalue weighted by Gasteiger charge is -2.12. The number of unbranched alkanes of at least 4 members (excludes halogenated alkanes) is 1. The lowest BCUT2D eigenvalue weighted by molar-refractivity contribution is -0.122. The van der Waals surface area contributed by atoms with E-state index >= 15 is 0 Å². The maximum Gasteiger partial charge on any atom is 0.237 e. The molecule has 4 nitrogen and oxygen atoms in total. The van der Waals surface area contributed by atoms with Crippen LogP contribution in [0.15, 0.2) is 30.3 Å². The van der Waals surface area contributed by atoms with Crippen molar-refractivity contribution in [3.63, 3.8) is 0 Å². The fraction of sp³-hybridized carbons (Fsp3) is 0.462. The van der Waals surface area contributed by atoms with E-state index in [1.54, 1.807) is 0 Å². The van der Waals surface area contributed by atoms with Crippen molar-refractivity contribution in [1.82, 2.24) is 5.32 Å². The lowest BCUT2D eigenvalue weighted by atomic mass is 10.1. The first-order valence-electron chi connectivity index (χ1n) is 6.01. The maximum absolute atomic E-state index is 11.6. The summed E-state index contributed by atoms with van der Waals surface area (Å²) in [6, 6.07) is 9.31. The molecule has 1 rings (SSSR count). The average molecular weight is 235 g/mol. The van der Waals surface area contributed by atoms with Gasteiger partial charge in [0.1, 0.15) is 0 Å². The zero-order valence-corrected chi connectivity index (χ0v) is 10.1. The first kappa shape index (κ1) is 13.7. The zero-order chi connectivity index (χ0) is 12.5. The maximum atomic E-state index is 11.6. The molecule has 0 aliphatic carbocycles. The van der Waals surface area contributed by atoms with Crippen molar-refractivity contribution in [3.05, 3.63) is 35.9 Å². The van der Waals surface area contributed by atoms with Gasteiger partial charge in [0.15, 0.2) is 0 Å². The van der Waals surface area contributed by atoms with Gasteiger partial charge in [-0.3, -0.25) is 4.79 Å². The van der Waals surface area contributed by atoms with Gasteiger partial charge in [0.05, 0.1) is 6.04 Å². The van der Waals surface area contributed by atoms with Crippen LogP contribution >= 0.6 is 0 Å². The molecule has 0 spiro atoms. The van der Waals surface area contributed by atoms with E-state index in [1.165, 1.54) is 0 Å². The van der Waals surface area contributed by atoms with Gasteiger partial charge in [-0.2, -0.15) is 0 Å². The highest BCUT2D eigenvalue weighted by Gasteiger charge is 2.12. The van der Waals surface area contributed by atoms with Crippen molar-refractivity contribution < 1.29 is 4.79 Å². The van der Waals surface area contributed by atoms with Crippen molar-refractivity contribution in [2.75, 3.05) is 13.1 Å². The Balaban J connectivity index is 2.27. The number of nitrogens with two attached hydrogens (primary N) is 2. The van der Waals surface area contributed by atoms with Gasteiger partial charge in [-0.25, -0.2) is 0 Å². The highest BCUT2D eigenvalue weighted by Crippen LogP contribution is 2.01. The van der Waals surface area contributed by atoms with Crippen LogP contribution in [-0.2, 0) is 11.2 Å². The Morgan fingerprint density at radius 3 is 2.59 bits per heavy atom. The number of rotatable bonds is 7. The summed E-state index contributed by atoms with van der Waals surface area (Å²) in [5.74, 6) is -0.0918. The topological polar surface area (TPSA) is 81.1 Å². The fourth-order valence-corrected chi connectivity index (χ4v) is 1.57. The van der Waals surface area contributed by atoms with Crippen molar-refractivity contribution in [2.45, 2.75) is 25.3 Å². The second-order valence-electron chi connectivity index (χ2n) is 4.08. The Morgan fingerprint density at radius 2 is 1.94 bits per heavy atom. The highest BCUT2D eigenvalue weighted by molar-refractivity contribution is 5.81. The molecule has 0 heterocycles. The summed E-state index contributed by atoms with van der Waals surface area (Å²) in [7, 11) is 0. The zero-order valence-electron chi connectivity index (χ0n) is 10.1. The van der Waals surface area contributed by atoms with E-state index in [-0.39, 0.29) is 5.91 Å². The molecule has 0 saturated heterocycles. The summed E-state index contributed by atoms with van der Waals surface area (Å²) < 4.78 is 0. The van der Waals surface area contributed by atoms with E-state index in [0.29, 0.717) is 19.5 Å². The van der Waals surface area contributed by atoms with Crippen LogP contribution < -0.4 is 16.8 Å². The second kappa shape index (κ2) is 7.81. The normalized spacial score (nSPS) is 12.1. The Hall–Kier alpha value is -1.39. The number of carbonyl (C=O) groups is 1. The number of amides is 1. The Morgan fingerprint density at radius 1 is 1.24 bits per heavy atom. The molecule has 0 fully saturated rings. The Kier molecular flexibility index (Phi) is 6.29. The summed E-state index contributed by atoms with van der Waals surface area (Å²) >= 11 is 0. The number of hydrogen-bond donors (Lipinski definition) is 3. The molecular formula is C13H21N3O. The molecule has 17 heavy (non-hydrogen) atoms. The van der Waals surface area contributed by atoms with Crippen LogP contribution in [0.3, 0.4) is 0 Å². The van der Waals surface area contributed by atoms with Crippen LogP contribution in [0.4, 0.5) is 0 Å². The van der Waals surface area contributed by atoms with Crippen LogP contribution in [0.1, 0.15) is 18.4 Å². The summed E-state index contributed by atoms with van der Waals surface area (Å²) in [4.78, 5) is 11.6. The highest BCUT2D eigenvalue weighted by atomic mass is 16.2. The van der Waals surface area contributed by atoms with E-state index in [0.717, 1.165) is 18.4 Å². The lowest BCUT2D eigenvalue weighted by Crippen LogP contribution is -2.42. The third-order valence-corrected chi connectivity index (χ3v) is 2.57. The second-order valence-corrected chi connectivity index (χ2v) is 4.08. The standard InChI is InChI=1S/C13H21N3O/c14-8-4-5-9-16-13(17)12(15)10-11-6-2-1-3-7-11/h1-3,6-7,12H,4-5,8-10,14-15H2,(H,16,17)/t12-/m1/s1. The minimum absolute atomic E-state index is 0.0918. The molecule has 0 saturated carbocycles. The summed E-state index contributed by atoms with van der Waals surface area (Å²) in [5.41, 5.74) is 12.3. The molecule has 5 N–H and O–H groups in total. The van der Waals surface area contributed by atoms with E-state index < -0.39 is 6.04 Å². The molecule has 4 heteroatoms. The van der Waals surface area contributed by atoms with E-state index in [1.807, 2.05) is 30.3 Å². The first-order chi connectivity index (χ1) is 8.24. The molecule has 0 aliphatic rings. The van der Waals surface area contributed by atoms with Crippen LogP contribution in [0.2, 0.25) is 0 Å². The third kappa shape index (κ3) is 5.47. The molecular weight excluding hydrogens is 214 g/mol. The summed E-state index contributed by atoms with van der Waals surface area (Å²) in [6.07, 6.45) is 2.40. The molecule has 0 unspecified atom stereocenters. The monoisotopic (exact) mass is 235 g/mol. The van der Waals surface area contributed by atoms with Gasteiger partial charge in [-0.1, -0.05) is 30.3 Å². The van der Waals surface area contributed by atoms with E-state index in [4.69, 9.17) is 11.5 Å². The van der Waals surface area contributed by atoms with E-state index in [2.05, 4.69) is 5.32 Å². The van der Waals surface area contributed by atoms with Crippen molar-refractivity contribution in [2.24, 2.45) is 11.5 Å². The molecule has 1 aromatic carbocycles. The summed E-state index contributed by atoms with van der Waals surface area (Å²) in [5, 5.41) is 2.82. The molecule has 0 aliphatic heterocycles. The Labute approximate surface area is 102 Å². The SMILES string of the molecule is NCCCCNC(=O)[C@H](N)Cc1ccccc1. The molecule has 0 aromatic heterocycles. The van der Waals surface area contributed by atoms with Gasteiger partial charge in [-0.15, -0.1) is 0 Å².